The molecule has 0 aromatic heterocycles. The van der Waals surface area contributed by atoms with Crippen molar-refractivity contribution in [2.75, 3.05) is 0 Å². The lowest BCUT2D eigenvalue weighted by atomic mass is 10.2. The number of alkyl halides is 2. The van der Waals surface area contributed by atoms with E-state index in [9.17, 15) is 13.2 Å². The van der Waals surface area contributed by atoms with E-state index in [1.54, 1.807) is 48.5 Å². The summed E-state index contributed by atoms with van der Waals surface area (Å²) in [6.45, 7) is 0. The summed E-state index contributed by atoms with van der Waals surface area (Å²) in [6, 6.07) is 15.9. The Kier molecular flexibility index (Phi) is 5.45. The Morgan fingerprint density at radius 1 is 0.909 bits per heavy atom. The average Bonchev–Trinajstić information content (AvgIpc) is 2.53. The Bertz CT molecular complexity index is 734. The van der Waals surface area contributed by atoms with Crippen LogP contribution in [0, 0.1) is 0 Å². The predicted molar refractivity (Wildman–Crippen MR) is 86.8 cm³/mol. The molecular weight excluding hydrogens is 345 g/mol. The van der Waals surface area contributed by atoms with Gasteiger partial charge in [-0.3, -0.25) is 4.79 Å². The second kappa shape index (κ2) is 7.13. The highest BCUT2D eigenvalue weighted by Crippen LogP contribution is 2.22. The van der Waals surface area contributed by atoms with Crippen LogP contribution < -0.4 is 5.32 Å². The molecule has 2 aromatic rings. The first-order valence-electron chi connectivity index (χ1n) is 6.36. The maximum atomic E-state index is 12.6. The summed E-state index contributed by atoms with van der Waals surface area (Å²) in [6.07, 6.45) is 0. The number of halogens is 2. The van der Waals surface area contributed by atoms with Gasteiger partial charge in [0.05, 0.1) is 4.90 Å². The smallest absolute Gasteiger partial charge is 0.252 e. The first-order chi connectivity index (χ1) is 10.4. The van der Waals surface area contributed by atoms with Gasteiger partial charge in [0.25, 0.3) is 5.91 Å². The highest BCUT2D eigenvalue weighted by molar-refractivity contribution is 7.92. The average molecular weight is 358 g/mol. The van der Waals surface area contributed by atoms with Crippen molar-refractivity contribution < 1.29 is 13.2 Å². The lowest BCUT2D eigenvalue weighted by molar-refractivity contribution is 0.0949. The van der Waals surface area contributed by atoms with Crippen LogP contribution in [0.25, 0.3) is 0 Å². The van der Waals surface area contributed by atoms with E-state index in [1.807, 2.05) is 0 Å². The van der Waals surface area contributed by atoms with Gasteiger partial charge in [0.1, 0.15) is 4.84 Å². The van der Waals surface area contributed by atoms with Crippen LogP contribution in [0.5, 0.6) is 0 Å². The summed E-state index contributed by atoms with van der Waals surface area (Å²) in [4.78, 5) is 10.9. The second-order valence-corrected chi connectivity index (χ2v) is 7.69. The highest BCUT2D eigenvalue weighted by Gasteiger charge is 2.34. The molecule has 0 saturated heterocycles. The van der Waals surface area contributed by atoms with Crippen molar-refractivity contribution in [1.82, 2.24) is 5.32 Å². The Morgan fingerprint density at radius 3 is 1.91 bits per heavy atom. The number of rotatable bonds is 5. The number of hydrogen-bond acceptors (Lipinski definition) is 3. The molecule has 2 aromatic carbocycles. The summed E-state index contributed by atoms with van der Waals surface area (Å²) in [5.41, 5.74) is 0.324. The molecule has 0 saturated carbocycles. The number of carbonyl (C=O) groups excluding carboxylic acids is 1. The zero-order valence-corrected chi connectivity index (χ0v) is 13.6. The molecule has 0 aliphatic carbocycles. The lowest BCUT2D eigenvalue weighted by Gasteiger charge is -2.20. The first kappa shape index (κ1) is 16.8. The third-order valence-corrected chi connectivity index (χ3v) is 5.73. The van der Waals surface area contributed by atoms with E-state index in [0.717, 1.165) is 0 Å². The fourth-order valence-corrected chi connectivity index (χ4v) is 4.14. The molecule has 1 amide bonds. The molecule has 0 aliphatic rings. The standard InChI is InChI=1S/C15H13Cl2NO3S/c16-13(17)15(18-14(19)11-7-3-1-4-8-11)22(20,21)12-9-5-2-6-10-12/h1-10,13,15H,(H,18,19)/t15-/m1/s1. The van der Waals surface area contributed by atoms with E-state index in [2.05, 4.69) is 5.32 Å². The molecule has 0 fully saturated rings. The molecular formula is C15H13Cl2NO3S. The Labute approximate surface area is 139 Å². The van der Waals surface area contributed by atoms with Gasteiger partial charge < -0.3 is 5.32 Å². The summed E-state index contributed by atoms with van der Waals surface area (Å²) >= 11 is 11.6. The minimum Gasteiger partial charge on any atom is -0.333 e. The number of sulfone groups is 1. The molecule has 0 aliphatic heterocycles. The molecule has 0 heterocycles. The summed E-state index contributed by atoms with van der Waals surface area (Å²) in [5.74, 6) is -0.559. The van der Waals surface area contributed by atoms with Crippen molar-refractivity contribution in [2.24, 2.45) is 0 Å². The van der Waals surface area contributed by atoms with Crippen molar-refractivity contribution in [3.63, 3.8) is 0 Å². The molecule has 0 bridgehead atoms. The molecule has 0 radical (unpaired) electrons. The minimum atomic E-state index is -3.90. The monoisotopic (exact) mass is 357 g/mol. The number of amides is 1. The van der Waals surface area contributed by atoms with Gasteiger partial charge in [-0.15, -0.1) is 23.2 Å². The summed E-state index contributed by atoms with van der Waals surface area (Å²) in [5, 5.41) is 0.942. The van der Waals surface area contributed by atoms with Gasteiger partial charge in [0.15, 0.2) is 5.37 Å². The van der Waals surface area contributed by atoms with E-state index in [4.69, 9.17) is 23.2 Å². The molecule has 116 valence electrons. The number of hydrogen-bond donors (Lipinski definition) is 1. The quantitative estimate of drug-likeness (QED) is 0.836. The van der Waals surface area contributed by atoms with Gasteiger partial charge >= 0.3 is 0 Å². The number of nitrogens with one attached hydrogen (secondary N) is 1. The van der Waals surface area contributed by atoms with Gasteiger partial charge in [-0.1, -0.05) is 36.4 Å². The van der Waals surface area contributed by atoms with Crippen LogP contribution in [0.2, 0.25) is 0 Å². The van der Waals surface area contributed by atoms with Gasteiger partial charge in [0, 0.05) is 5.56 Å². The lowest BCUT2D eigenvalue weighted by Crippen LogP contribution is -2.45. The van der Waals surface area contributed by atoms with Crippen LogP contribution in [0.3, 0.4) is 0 Å². The predicted octanol–water partition coefficient (Wildman–Crippen LogP) is 3.02. The summed E-state index contributed by atoms with van der Waals surface area (Å²) in [7, 11) is -3.90. The van der Waals surface area contributed by atoms with Crippen molar-refractivity contribution >= 4 is 38.9 Å². The van der Waals surface area contributed by atoms with Crippen molar-refractivity contribution in [1.29, 1.82) is 0 Å². The van der Waals surface area contributed by atoms with E-state index >= 15 is 0 Å². The van der Waals surface area contributed by atoms with Crippen molar-refractivity contribution in [2.45, 2.75) is 15.1 Å². The molecule has 22 heavy (non-hydrogen) atoms. The highest BCUT2D eigenvalue weighted by atomic mass is 35.5. The van der Waals surface area contributed by atoms with Crippen LogP contribution in [0.15, 0.2) is 65.6 Å². The van der Waals surface area contributed by atoms with Crippen LogP contribution in [0.4, 0.5) is 0 Å². The molecule has 7 heteroatoms. The number of benzene rings is 2. The maximum Gasteiger partial charge on any atom is 0.252 e. The zero-order valence-electron chi connectivity index (χ0n) is 11.3. The normalized spacial score (nSPS) is 12.9. The fourth-order valence-electron chi connectivity index (χ4n) is 1.83. The largest absolute Gasteiger partial charge is 0.333 e. The fraction of sp³-hybridized carbons (Fsp3) is 0.133. The molecule has 0 unspecified atom stereocenters. The van der Waals surface area contributed by atoms with E-state index in [-0.39, 0.29) is 4.90 Å². The van der Waals surface area contributed by atoms with E-state index in [0.29, 0.717) is 5.56 Å². The van der Waals surface area contributed by atoms with E-state index in [1.165, 1.54) is 12.1 Å². The van der Waals surface area contributed by atoms with Gasteiger partial charge in [0.2, 0.25) is 9.84 Å². The maximum absolute atomic E-state index is 12.6. The number of carbonyl (C=O) groups is 1. The van der Waals surface area contributed by atoms with Crippen LogP contribution >= 0.6 is 23.2 Å². The molecule has 1 atom stereocenters. The molecule has 0 spiro atoms. The van der Waals surface area contributed by atoms with Crippen LogP contribution in [-0.4, -0.2) is 24.5 Å². The minimum absolute atomic E-state index is 0.0414. The third kappa shape index (κ3) is 3.80. The Balaban J connectivity index is 2.30. The Hall–Kier alpha value is -1.56. The zero-order chi connectivity index (χ0) is 16.2. The van der Waals surface area contributed by atoms with Gasteiger partial charge in [-0.2, -0.15) is 0 Å². The van der Waals surface area contributed by atoms with Crippen molar-refractivity contribution in [3.8, 4) is 0 Å². The topological polar surface area (TPSA) is 63.2 Å². The molecule has 2 rings (SSSR count). The Morgan fingerprint density at radius 2 is 1.41 bits per heavy atom. The SMILES string of the molecule is O=C(N[C@@H](C(Cl)Cl)S(=O)(=O)c1ccccc1)c1ccccc1. The second-order valence-electron chi connectivity index (χ2n) is 4.45. The van der Waals surface area contributed by atoms with Crippen LogP contribution in [0.1, 0.15) is 10.4 Å². The first-order valence-corrected chi connectivity index (χ1v) is 8.78. The molecule has 1 N–H and O–H groups in total. The van der Waals surface area contributed by atoms with E-state index < -0.39 is 26.0 Å². The molecule has 4 nitrogen and oxygen atoms in total. The van der Waals surface area contributed by atoms with Gasteiger partial charge in [-0.25, -0.2) is 8.42 Å². The summed E-state index contributed by atoms with van der Waals surface area (Å²) < 4.78 is 25.1. The van der Waals surface area contributed by atoms with Crippen LogP contribution in [-0.2, 0) is 9.84 Å². The van der Waals surface area contributed by atoms with Crippen molar-refractivity contribution in [3.05, 3.63) is 66.2 Å². The third-order valence-electron chi connectivity index (χ3n) is 2.94. The van der Waals surface area contributed by atoms with Gasteiger partial charge in [-0.05, 0) is 24.3 Å².